The number of carbonyl (C=O) groups excluding carboxylic acids is 1. The van der Waals surface area contributed by atoms with E-state index >= 15 is 0 Å². The van der Waals surface area contributed by atoms with Crippen molar-refractivity contribution in [2.75, 3.05) is 0 Å². The molecule has 0 aliphatic heterocycles. The van der Waals surface area contributed by atoms with Crippen molar-refractivity contribution >= 4 is 45.8 Å². The molecule has 0 atom stereocenters. The van der Waals surface area contributed by atoms with E-state index in [-0.39, 0.29) is 17.4 Å². The minimum Gasteiger partial charge on any atom is -0.346 e. The highest BCUT2D eigenvalue weighted by atomic mass is 35.5. The maximum atomic E-state index is 13.6. The van der Waals surface area contributed by atoms with Crippen LogP contribution in [0.15, 0.2) is 46.6 Å². The van der Waals surface area contributed by atoms with Crippen LogP contribution in [0.1, 0.15) is 20.9 Å². The van der Waals surface area contributed by atoms with Crippen molar-refractivity contribution in [2.24, 2.45) is 0 Å². The monoisotopic (exact) mass is 441 g/mol. The van der Waals surface area contributed by atoms with Crippen LogP contribution in [0.2, 0.25) is 5.15 Å². The van der Waals surface area contributed by atoms with Crippen LogP contribution < -0.4 is 5.32 Å². The van der Waals surface area contributed by atoms with E-state index in [0.29, 0.717) is 11.1 Å². The van der Waals surface area contributed by atoms with Crippen molar-refractivity contribution in [2.45, 2.75) is 12.7 Å². The molecule has 4 rings (SSSR count). The highest BCUT2D eigenvalue weighted by Gasteiger charge is 2.36. The Morgan fingerprint density at radius 3 is 2.71 bits per heavy atom. The van der Waals surface area contributed by atoms with E-state index < -0.39 is 23.3 Å². The molecule has 0 bridgehead atoms. The fourth-order valence-electron chi connectivity index (χ4n) is 2.72. The molecule has 1 amide bonds. The Labute approximate surface area is 170 Å². The predicted octanol–water partition coefficient (Wildman–Crippen LogP) is 5.73. The van der Waals surface area contributed by atoms with Gasteiger partial charge in [0.15, 0.2) is 11.3 Å². The molecule has 0 radical (unpaired) electrons. The number of thiophene rings is 2. The number of nitrogens with zero attached hydrogens (tertiary/aromatic N) is 2. The molecule has 4 nitrogen and oxygen atoms in total. The molecule has 0 aliphatic rings. The molecule has 4 heterocycles. The second kappa shape index (κ2) is 7.23. The second-order valence-corrected chi connectivity index (χ2v) is 8.03. The van der Waals surface area contributed by atoms with Crippen molar-refractivity contribution in [3.63, 3.8) is 0 Å². The average molecular weight is 442 g/mol. The lowest BCUT2D eigenvalue weighted by Crippen LogP contribution is -2.23. The maximum Gasteiger partial charge on any atom is 0.420 e. The summed E-state index contributed by atoms with van der Waals surface area (Å²) in [6.45, 7) is 0.243. The van der Waals surface area contributed by atoms with Gasteiger partial charge in [0.05, 0.1) is 12.1 Å². The molecular weight excluding hydrogens is 431 g/mol. The van der Waals surface area contributed by atoms with Gasteiger partial charge in [-0.05, 0) is 45.5 Å². The third-order valence-electron chi connectivity index (χ3n) is 4.04. The van der Waals surface area contributed by atoms with Gasteiger partial charge in [-0.25, -0.2) is 4.98 Å². The van der Waals surface area contributed by atoms with Gasteiger partial charge in [-0.2, -0.15) is 24.5 Å². The first-order valence-corrected chi connectivity index (χ1v) is 10.2. The van der Waals surface area contributed by atoms with Crippen LogP contribution >= 0.6 is 34.3 Å². The highest BCUT2D eigenvalue weighted by molar-refractivity contribution is 7.09. The Kier molecular flexibility index (Phi) is 4.90. The van der Waals surface area contributed by atoms with Crippen LogP contribution in [0.5, 0.6) is 0 Å². The third kappa shape index (κ3) is 3.52. The molecule has 0 saturated heterocycles. The SMILES string of the molecule is O=C(NCc1cccs1)c1nc2c(C(F)(F)F)cc(-c3ccsc3)cn2c1Cl. The van der Waals surface area contributed by atoms with E-state index in [1.165, 1.54) is 28.9 Å². The number of halogens is 4. The van der Waals surface area contributed by atoms with Gasteiger partial charge in [-0.1, -0.05) is 17.7 Å². The Morgan fingerprint density at radius 1 is 1.25 bits per heavy atom. The summed E-state index contributed by atoms with van der Waals surface area (Å²) in [6.07, 6.45) is -3.19. The van der Waals surface area contributed by atoms with Gasteiger partial charge >= 0.3 is 6.18 Å². The number of fused-ring (bicyclic) bond motifs is 1. The van der Waals surface area contributed by atoms with Gasteiger partial charge in [-0.15, -0.1) is 11.3 Å². The number of hydrogen-bond acceptors (Lipinski definition) is 4. The van der Waals surface area contributed by atoms with Gasteiger partial charge in [0.1, 0.15) is 5.15 Å². The molecule has 144 valence electrons. The molecule has 4 aromatic rings. The zero-order chi connectivity index (χ0) is 19.9. The fraction of sp³-hybridized carbons (Fsp3) is 0.111. The minimum atomic E-state index is -4.65. The molecule has 10 heteroatoms. The lowest BCUT2D eigenvalue weighted by atomic mass is 10.1. The summed E-state index contributed by atoms with van der Waals surface area (Å²) in [4.78, 5) is 17.3. The molecule has 0 spiro atoms. The van der Waals surface area contributed by atoms with Crippen molar-refractivity contribution in [1.29, 1.82) is 0 Å². The van der Waals surface area contributed by atoms with E-state index in [1.807, 2.05) is 17.5 Å². The van der Waals surface area contributed by atoms with E-state index in [0.717, 1.165) is 15.3 Å². The largest absolute Gasteiger partial charge is 0.420 e. The molecule has 1 N–H and O–H groups in total. The number of hydrogen-bond donors (Lipinski definition) is 1. The highest BCUT2D eigenvalue weighted by Crippen LogP contribution is 2.37. The van der Waals surface area contributed by atoms with Crippen molar-refractivity contribution in [1.82, 2.24) is 14.7 Å². The Bertz CT molecular complexity index is 1140. The molecule has 0 unspecified atom stereocenters. The number of carbonyl (C=O) groups is 1. The first kappa shape index (κ1) is 19.0. The van der Waals surface area contributed by atoms with E-state index in [4.69, 9.17) is 11.6 Å². The van der Waals surface area contributed by atoms with E-state index in [1.54, 1.807) is 16.8 Å². The Morgan fingerprint density at radius 2 is 2.07 bits per heavy atom. The van der Waals surface area contributed by atoms with Crippen LogP contribution in [0.4, 0.5) is 13.2 Å². The molecule has 4 aromatic heterocycles. The molecule has 0 aromatic carbocycles. The Balaban J connectivity index is 1.79. The normalized spacial score (nSPS) is 11.9. The first-order chi connectivity index (χ1) is 13.3. The smallest absolute Gasteiger partial charge is 0.346 e. The van der Waals surface area contributed by atoms with Crippen molar-refractivity contribution in [3.05, 3.63) is 67.9 Å². The molecule has 28 heavy (non-hydrogen) atoms. The zero-order valence-corrected chi connectivity index (χ0v) is 16.3. The average Bonchev–Trinajstić information content (AvgIpc) is 3.40. The van der Waals surface area contributed by atoms with Crippen LogP contribution in [0, 0.1) is 0 Å². The van der Waals surface area contributed by atoms with Crippen LogP contribution in [0.25, 0.3) is 16.8 Å². The van der Waals surface area contributed by atoms with Crippen LogP contribution in [0.3, 0.4) is 0 Å². The Hall–Kier alpha value is -2.36. The quantitative estimate of drug-likeness (QED) is 0.440. The summed E-state index contributed by atoms with van der Waals surface area (Å²) in [5.74, 6) is -0.632. The zero-order valence-electron chi connectivity index (χ0n) is 14.0. The summed E-state index contributed by atoms with van der Waals surface area (Å²) < 4.78 is 42.0. The number of aromatic nitrogens is 2. The summed E-state index contributed by atoms with van der Waals surface area (Å²) in [7, 11) is 0. The summed E-state index contributed by atoms with van der Waals surface area (Å²) in [5.41, 5.74) is -0.629. The van der Waals surface area contributed by atoms with Crippen molar-refractivity contribution < 1.29 is 18.0 Å². The molecule has 0 aliphatic carbocycles. The minimum absolute atomic E-state index is 0.166. The number of pyridine rings is 1. The van der Waals surface area contributed by atoms with Gasteiger partial charge in [-0.3, -0.25) is 9.20 Å². The number of amides is 1. The first-order valence-electron chi connectivity index (χ1n) is 7.96. The van der Waals surface area contributed by atoms with E-state index in [9.17, 15) is 18.0 Å². The molecule has 0 fully saturated rings. The standard InChI is InChI=1S/C18H11ClF3N3OS2/c19-15-14(17(26)23-7-12-2-1-4-28-12)24-16-13(18(20,21)22)6-11(8-25(15)16)10-3-5-27-9-10/h1-6,8-9H,7H2,(H,23,26). The number of alkyl halides is 3. The van der Waals surface area contributed by atoms with Crippen LogP contribution in [-0.2, 0) is 12.7 Å². The van der Waals surface area contributed by atoms with Crippen molar-refractivity contribution in [3.8, 4) is 11.1 Å². The molecule has 0 saturated carbocycles. The topological polar surface area (TPSA) is 46.4 Å². The fourth-order valence-corrected chi connectivity index (χ4v) is 4.29. The summed E-state index contributed by atoms with van der Waals surface area (Å²) in [5, 5.41) is 7.84. The third-order valence-corrected chi connectivity index (χ3v) is 5.96. The summed E-state index contributed by atoms with van der Waals surface area (Å²) >= 11 is 9.07. The summed E-state index contributed by atoms with van der Waals surface area (Å²) in [6, 6.07) is 6.41. The number of nitrogens with one attached hydrogen (secondary N) is 1. The van der Waals surface area contributed by atoms with Gasteiger partial charge < -0.3 is 5.32 Å². The second-order valence-electron chi connectivity index (χ2n) is 5.86. The number of imidazole rings is 1. The predicted molar refractivity (Wildman–Crippen MR) is 104 cm³/mol. The van der Waals surface area contributed by atoms with Gasteiger partial charge in [0.2, 0.25) is 0 Å². The van der Waals surface area contributed by atoms with Crippen LogP contribution in [-0.4, -0.2) is 15.3 Å². The van der Waals surface area contributed by atoms with Gasteiger partial charge in [0.25, 0.3) is 5.91 Å². The number of rotatable bonds is 4. The molecular formula is C18H11ClF3N3OS2. The maximum absolute atomic E-state index is 13.6. The van der Waals surface area contributed by atoms with E-state index in [2.05, 4.69) is 10.3 Å². The lowest BCUT2D eigenvalue weighted by Gasteiger charge is -2.10. The van der Waals surface area contributed by atoms with Gasteiger partial charge in [0, 0.05) is 11.1 Å². The lowest BCUT2D eigenvalue weighted by molar-refractivity contribution is -0.136.